The Bertz CT molecular complexity index is 1470. The van der Waals surface area contributed by atoms with E-state index in [4.69, 9.17) is 0 Å². The van der Waals surface area contributed by atoms with E-state index in [9.17, 15) is 16.8 Å². The second-order valence-electron chi connectivity index (χ2n) is 8.42. The van der Waals surface area contributed by atoms with Gasteiger partial charge in [-0.05, 0) is 80.5 Å². The first-order chi connectivity index (χ1) is 15.5. The minimum Gasteiger partial charge on any atom is -0.223 e. The molecule has 3 rings (SSSR count). The molecule has 2 atom stereocenters. The fourth-order valence-corrected chi connectivity index (χ4v) is 6.93. The quantitative estimate of drug-likeness (QED) is 0.531. The highest BCUT2D eigenvalue weighted by molar-refractivity contribution is 7.92. The molecule has 3 aromatic rings. The fourth-order valence-electron chi connectivity index (χ4n) is 3.86. The van der Waals surface area contributed by atoms with Gasteiger partial charge in [-0.25, -0.2) is 16.8 Å². The molecule has 0 fully saturated rings. The third kappa shape index (κ3) is 4.97. The number of sulfone groups is 2. The van der Waals surface area contributed by atoms with Crippen molar-refractivity contribution in [2.24, 2.45) is 0 Å². The Hall–Kier alpha value is -2.70. The molecule has 0 aliphatic rings. The van der Waals surface area contributed by atoms with E-state index in [1.807, 2.05) is 39.0 Å². The standard InChI is InChI=1S/C27H30O4S2/c1-19-16-17-26(20(2)22(4)32(28,29)24-12-8-6-9-13-24)27(18-19)21(3)23(5)33(30,31)25-14-10-7-11-15-25/h6-18,22-23H,1-5H3. The molecule has 33 heavy (non-hydrogen) atoms. The molecule has 0 saturated heterocycles. The van der Waals surface area contributed by atoms with E-state index in [0.717, 1.165) is 16.0 Å². The van der Waals surface area contributed by atoms with Crippen molar-refractivity contribution in [3.8, 4) is 0 Å². The number of benzene rings is 3. The van der Waals surface area contributed by atoms with Crippen molar-refractivity contribution in [1.82, 2.24) is 0 Å². The van der Waals surface area contributed by atoms with Gasteiger partial charge in [0.15, 0.2) is 19.7 Å². The van der Waals surface area contributed by atoms with Crippen LogP contribution in [0.15, 0.2) is 88.7 Å². The maximum atomic E-state index is 13.3. The zero-order valence-electron chi connectivity index (χ0n) is 19.6. The first-order valence-electron chi connectivity index (χ1n) is 10.8. The number of rotatable bonds is 6. The van der Waals surface area contributed by atoms with Crippen LogP contribution in [0.5, 0.6) is 0 Å². The normalized spacial score (nSPS) is 16.0. The van der Waals surface area contributed by atoms with Crippen LogP contribution >= 0.6 is 0 Å². The Morgan fingerprint density at radius 1 is 0.606 bits per heavy atom. The zero-order valence-corrected chi connectivity index (χ0v) is 21.2. The van der Waals surface area contributed by atoms with E-state index in [0.29, 0.717) is 11.1 Å². The van der Waals surface area contributed by atoms with Crippen LogP contribution in [0.1, 0.15) is 33.3 Å². The van der Waals surface area contributed by atoms with Crippen molar-refractivity contribution in [1.29, 1.82) is 0 Å². The summed E-state index contributed by atoms with van der Waals surface area (Å²) in [5.74, 6) is 0. The van der Waals surface area contributed by atoms with E-state index >= 15 is 0 Å². The van der Waals surface area contributed by atoms with E-state index in [-0.39, 0.29) is 9.79 Å². The number of hydrogen-bond acceptors (Lipinski definition) is 4. The topological polar surface area (TPSA) is 68.3 Å². The highest BCUT2D eigenvalue weighted by Crippen LogP contribution is 2.22. The molecule has 0 aliphatic carbocycles. The second kappa shape index (κ2) is 9.65. The fraction of sp³-hybridized carbons (Fsp3) is 0.259. The summed E-state index contributed by atoms with van der Waals surface area (Å²) in [4.78, 5) is 0.540. The summed E-state index contributed by atoms with van der Waals surface area (Å²) in [7, 11) is -7.19. The SMILES string of the molecule is CC(=c1ccc(C)cc1=C(C)C(C)S(=O)(=O)c1ccccc1)C(C)S(=O)(=O)c1ccccc1. The van der Waals surface area contributed by atoms with Gasteiger partial charge in [-0.2, -0.15) is 0 Å². The predicted molar refractivity (Wildman–Crippen MR) is 135 cm³/mol. The third-order valence-corrected chi connectivity index (χ3v) is 10.7. The van der Waals surface area contributed by atoms with Crippen LogP contribution in [0.2, 0.25) is 0 Å². The van der Waals surface area contributed by atoms with Crippen LogP contribution < -0.4 is 10.4 Å². The monoisotopic (exact) mass is 482 g/mol. The van der Waals surface area contributed by atoms with E-state index in [2.05, 4.69) is 0 Å². The largest absolute Gasteiger partial charge is 0.223 e. The van der Waals surface area contributed by atoms with Crippen LogP contribution in [0.25, 0.3) is 11.1 Å². The van der Waals surface area contributed by atoms with Gasteiger partial charge in [0.2, 0.25) is 0 Å². The summed E-state index contributed by atoms with van der Waals surface area (Å²) in [6.07, 6.45) is 0. The third-order valence-electron chi connectivity index (χ3n) is 6.32. The Kier molecular flexibility index (Phi) is 7.29. The zero-order chi connectivity index (χ0) is 24.4. The molecule has 3 aromatic carbocycles. The molecule has 0 bridgehead atoms. The molecule has 0 saturated carbocycles. The lowest BCUT2D eigenvalue weighted by molar-refractivity contribution is 0.590. The van der Waals surface area contributed by atoms with Crippen LogP contribution in [0.3, 0.4) is 0 Å². The summed E-state index contributed by atoms with van der Waals surface area (Å²) in [6, 6.07) is 22.6. The molecule has 0 aliphatic heterocycles. The van der Waals surface area contributed by atoms with Gasteiger partial charge < -0.3 is 0 Å². The maximum Gasteiger partial charge on any atom is 0.184 e. The molecule has 0 aromatic heterocycles. The smallest absolute Gasteiger partial charge is 0.184 e. The van der Waals surface area contributed by atoms with Crippen molar-refractivity contribution in [2.45, 2.75) is 54.9 Å². The molecule has 0 spiro atoms. The van der Waals surface area contributed by atoms with Gasteiger partial charge in [-0.1, -0.05) is 60.2 Å². The van der Waals surface area contributed by atoms with Gasteiger partial charge in [0, 0.05) is 0 Å². The molecular weight excluding hydrogens is 452 g/mol. The van der Waals surface area contributed by atoms with Gasteiger partial charge in [0.05, 0.1) is 20.3 Å². The molecule has 0 heterocycles. The Morgan fingerprint density at radius 2 is 1.00 bits per heavy atom. The molecule has 0 radical (unpaired) electrons. The molecule has 6 heteroatoms. The maximum absolute atomic E-state index is 13.3. The van der Waals surface area contributed by atoms with Crippen molar-refractivity contribution >= 4 is 30.8 Å². The summed E-state index contributed by atoms with van der Waals surface area (Å²) in [6.45, 7) is 8.93. The summed E-state index contributed by atoms with van der Waals surface area (Å²) < 4.78 is 53.0. The van der Waals surface area contributed by atoms with Gasteiger partial charge in [-0.3, -0.25) is 0 Å². The Morgan fingerprint density at radius 3 is 1.42 bits per heavy atom. The average Bonchev–Trinajstić information content (AvgIpc) is 2.83. The van der Waals surface area contributed by atoms with Crippen molar-refractivity contribution < 1.29 is 16.8 Å². The van der Waals surface area contributed by atoms with E-state index in [1.165, 1.54) is 0 Å². The molecular formula is C27H30O4S2. The van der Waals surface area contributed by atoms with Crippen LogP contribution in [-0.4, -0.2) is 27.3 Å². The van der Waals surface area contributed by atoms with Crippen LogP contribution in [-0.2, 0) is 19.7 Å². The van der Waals surface area contributed by atoms with Crippen molar-refractivity contribution in [3.05, 3.63) is 94.9 Å². The summed E-state index contributed by atoms with van der Waals surface area (Å²) in [5, 5.41) is -0.0284. The molecule has 0 amide bonds. The van der Waals surface area contributed by atoms with Crippen LogP contribution in [0, 0.1) is 6.92 Å². The van der Waals surface area contributed by atoms with Gasteiger partial charge in [0.25, 0.3) is 0 Å². The first kappa shape index (κ1) is 24.9. The van der Waals surface area contributed by atoms with E-state index in [1.54, 1.807) is 74.5 Å². The molecule has 0 N–H and O–H groups in total. The minimum atomic E-state index is -3.60. The Balaban J connectivity index is 2.25. The lowest BCUT2D eigenvalue weighted by Crippen LogP contribution is -2.36. The van der Waals surface area contributed by atoms with Gasteiger partial charge in [0.1, 0.15) is 0 Å². The number of aryl methyl sites for hydroxylation is 1. The minimum absolute atomic E-state index is 0.270. The lowest BCUT2D eigenvalue weighted by atomic mass is 10.0. The highest BCUT2D eigenvalue weighted by Gasteiger charge is 2.27. The number of hydrogen-bond donors (Lipinski definition) is 0. The van der Waals surface area contributed by atoms with Gasteiger partial charge in [-0.15, -0.1) is 0 Å². The summed E-state index contributed by atoms with van der Waals surface area (Å²) >= 11 is 0. The highest BCUT2D eigenvalue weighted by atomic mass is 32.2. The lowest BCUT2D eigenvalue weighted by Gasteiger charge is -2.17. The molecule has 4 nitrogen and oxygen atoms in total. The van der Waals surface area contributed by atoms with Gasteiger partial charge >= 0.3 is 0 Å². The first-order valence-corrected chi connectivity index (χ1v) is 13.9. The Labute approximate surface area is 197 Å². The molecule has 174 valence electrons. The molecule has 2 unspecified atom stereocenters. The second-order valence-corrected chi connectivity index (χ2v) is 13.0. The van der Waals surface area contributed by atoms with Crippen molar-refractivity contribution in [2.75, 3.05) is 0 Å². The van der Waals surface area contributed by atoms with Crippen molar-refractivity contribution in [3.63, 3.8) is 0 Å². The average molecular weight is 483 g/mol. The van der Waals surface area contributed by atoms with Crippen LogP contribution in [0.4, 0.5) is 0 Å². The van der Waals surface area contributed by atoms with E-state index < -0.39 is 30.2 Å². The summed E-state index contributed by atoms with van der Waals surface area (Å²) in [5.41, 5.74) is 2.34. The predicted octanol–water partition coefficient (Wildman–Crippen LogP) is 4.06.